The third kappa shape index (κ3) is 3.95. The second-order valence-corrected chi connectivity index (χ2v) is 6.46. The van der Waals surface area contributed by atoms with Crippen LogP contribution in [0.1, 0.15) is 24.8 Å². The summed E-state index contributed by atoms with van der Waals surface area (Å²) >= 11 is 0. The molecule has 1 aliphatic heterocycles. The maximum atomic E-state index is 12.8. The number of nitrogens with one attached hydrogen (secondary N) is 1. The molecule has 0 saturated carbocycles. The highest BCUT2D eigenvalue weighted by atomic mass is 19.1. The normalized spacial score (nSPS) is 22.2. The van der Waals surface area contributed by atoms with Gasteiger partial charge in [-0.15, -0.1) is 0 Å². The predicted molar refractivity (Wildman–Crippen MR) is 89.8 cm³/mol. The van der Waals surface area contributed by atoms with Gasteiger partial charge in [0.05, 0.1) is 11.8 Å². The summed E-state index contributed by atoms with van der Waals surface area (Å²) < 4.78 is 12.8. The van der Waals surface area contributed by atoms with Crippen LogP contribution in [0.15, 0.2) is 36.4 Å². The highest BCUT2D eigenvalue weighted by molar-refractivity contribution is 6.05. The lowest BCUT2D eigenvalue weighted by atomic mass is 9.85. The molecule has 0 bridgehead atoms. The van der Waals surface area contributed by atoms with E-state index in [1.54, 1.807) is 12.1 Å². The Labute approximate surface area is 145 Å². The first-order valence-electron chi connectivity index (χ1n) is 8.57. The second kappa shape index (κ2) is 7.59. The standard InChI is InChI=1S/C19H21FN2O3/c20-14-7-5-13(6-8-14)9-11-21-17(23)10-12-22-18(24)15-3-1-2-4-16(15)19(22)25/h1-2,5-8,15-16H,3-4,9-12H2,(H,21,23)/t15-,16-/m1/s1. The Hall–Kier alpha value is -2.50. The molecular weight excluding hydrogens is 323 g/mol. The number of rotatable bonds is 6. The minimum absolute atomic E-state index is 0.105. The van der Waals surface area contributed by atoms with E-state index in [-0.39, 0.29) is 48.3 Å². The summed E-state index contributed by atoms with van der Waals surface area (Å²) in [4.78, 5) is 37.8. The molecule has 132 valence electrons. The number of likely N-dealkylation sites (tertiary alicyclic amines) is 1. The Kier molecular flexibility index (Phi) is 5.26. The van der Waals surface area contributed by atoms with Crippen LogP contribution in [0.4, 0.5) is 4.39 Å². The Morgan fingerprint density at radius 2 is 1.68 bits per heavy atom. The van der Waals surface area contributed by atoms with Gasteiger partial charge in [0.25, 0.3) is 0 Å². The second-order valence-electron chi connectivity index (χ2n) is 6.46. The van der Waals surface area contributed by atoms with Gasteiger partial charge < -0.3 is 5.32 Å². The van der Waals surface area contributed by atoms with Crippen LogP contribution in [-0.4, -0.2) is 35.7 Å². The van der Waals surface area contributed by atoms with Crippen molar-refractivity contribution in [3.63, 3.8) is 0 Å². The number of halogens is 1. The van der Waals surface area contributed by atoms with Crippen molar-refractivity contribution in [2.24, 2.45) is 11.8 Å². The Morgan fingerprint density at radius 1 is 1.08 bits per heavy atom. The number of benzene rings is 1. The number of imide groups is 1. The summed E-state index contributed by atoms with van der Waals surface area (Å²) in [7, 11) is 0. The van der Waals surface area contributed by atoms with Crippen LogP contribution in [0, 0.1) is 17.7 Å². The third-order valence-electron chi connectivity index (χ3n) is 4.81. The van der Waals surface area contributed by atoms with Gasteiger partial charge in [-0.25, -0.2) is 4.39 Å². The lowest BCUT2D eigenvalue weighted by molar-refractivity contribution is -0.140. The largest absolute Gasteiger partial charge is 0.356 e. The van der Waals surface area contributed by atoms with Crippen molar-refractivity contribution in [2.75, 3.05) is 13.1 Å². The van der Waals surface area contributed by atoms with Crippen molar-refractivity contribution in [3.8, 4) is 0 Å². The number of hydrogen-bond acceptors (Lipinski definition) is 3. The molecule has 6 heteroatoms. The van der Waals surface area contributed by atoms with Gasteiger partial charge >= 0.3 is 0 Å². The molecule has 1 aromatic rings. The number of carbonyl (C=O) groups is 3. The van der Waals surface area contributed by atoms with Gasteiger partial charge in [0.2, 0.25) is 17.7 Å². The monoisotopic (exact) mass is 344 g/mol. The fourth-order valence-corrected chi connectivity index (χ4v) is 3.39. The van der Waals surface area contributed by atoms with Crippen molar-refractivity contribution in [1.82, 2.24) is 10.2 Å². The van der Waals surface area contributed by atoms with Crippen LogP contribution in [0.2, 0.25) is 0 Å². The zero-order valence-corrected chi connectivity index (χ0v) is 13.9. The lowest BCUT2D eigenvalue weighted by Crippen LogP contribution is -2.35. The van der Waals surface area contributed by atoms with Crippen LogP contribution in [-0.2, 0) is 20.8 Å². The van der Waals surface area contributed by atoms with E-state index in [0.29, 0.717) is 25.8 Å². The van der Waals surface area contributed by atoms with Gasteiger partial charge in [0.15, 0.2) is 0 Å². The number of hydrogen-bond donors (Lipinski definition) is 1. The molecule has 2 atom stereocenters. The van der Waals surface area contributed by atoms with E-state index in [0.717, 1.165) is 5.56 Å². The topological polar surface area (TPSA) is 66.5 Å². The molecule has 1 aliphatic carbocycles. The number of amides is 3. The Bertz CT molecular complexity index is 673. The van der Waals surface area contributed by atoms with Crippen LogP contribution >= 0.6 is 0 Å². The molecule has 0 unspecified atom stereocenters. The van der Waals surface area contributed by atoms with Gasteiger partial charge in [0, 0.05) is 19.5 Å². The number of allylic oxidation sites excluding steroid dienone is 2. The highest BCUT2D eigenvalue weighted by Crippen LogP contribution is 2.34. The van der Waals surface area contributed by atoms with Gasteiger partial charge in [0.1, 0.15) is 5.82 Å². The molecule has 3 amide bonds. The van der Waals surface area contributed by atoms with E-state index in [9.17, 15) is 18.8 Å². The first kappa shape index (κ1) is 17.3. The summed E-state index contributed by atoms with van der Waals surface area (Å²) in [6.07, 6.45) is 5.80. The maximum Gasteiger partial charge on any atom is 0.233 e. The van der Waals surface area contributed by atoms with E-state index >= 15 is 0 Å². The Morgan fingerprint density at radius 3 is 2.28 bits per heavy atom. The van der Waals surface area contributed by atoms with Gasteiger partial charge in [-0.05, 0) is 37.0 Å². The highest BCUT2D eigenvalue weighted by Gasteiger charge is 2.46. The number of fused-ring (bicyclic) bond motifs is 1. The molecule has 5 nitrogen and oxygen atoms in total. The molecule has 2 aliphatic rings. The fourth-order valence-electron chi connectivity index (χ4n) is 3.39. The van der Waals surface area contributed by atoms with E-state index in [1.165, 1.54) is 17.0 Å². The average molecular weight is 344 g/mol. The Balaban J connectivity index is 1.42. The molecular formula is C19H21FN2O3. The van der Waals surface area contributed by atoms with Crippen LogP contribution in [0.25, 0.3) is 0 Å². The lowest BCUT2D eigenvalue weighted by Gasteiger charge is -2.14. The molecule has 1 fully saturated rings. The van der Waals surface area contributed by atoms with Crippen molar-refractivity contribution < 1.29 is 18.8 Å². The molecule has 1 N–H and O–H groups in total. The number of nitrogens with zero attached hydrogens (tertiary/aromatic N) is 1. The third-order valence-corrected chi connectivity index (χ3v) is 4.81. The molecule has 3 rings (SSSR count). The summed E-state index contributed by atoms with van der Waals surface area (Å²) in [6, 6.07) is 6.13. The van der Waals surface area contributed by atoms with E-state index in [4.69, 9.17) is 0 Å². The molecule has 1 heterocycles. The fraction of sp³-hybridized carbons (Fsp3) is 0.421. The van der Waals surface area contributed by atoms with E-state index < -0.39 is 0 Å². The quantitative estimate of drug-likeness (QED) is 0.632. The summed E-state index contributed by atoms with van der Waals surface area (Å²) in [5.74, 6) is -1.30. The average Bonchev–Trinajstić information content (AvgIpc) is 2.86. The maximum absolute atomic E-state index is 12.8. The predicted octanol–water partition coefficient (Wildman–Crippen LogP) is 1.83. The summed E-state index contributed by atoms with van der Waals surface area (Å²) in [6.45, 7) is 0.564. The van der Waals surface area contributed by atoms with E-state index in [2.05, 4.69) is 5.32 Å². The first-order valence-corrected chi connectivity index (χ1v) is 8.57. The van der Waals surface area contributed by atoms with E-state index in [1.807, 2.05) is 12.2 Å². The summed E-state index contributed by atoms with van der Waals surface area (Å²) in [5.41, 5.74) is 0.933. The molecule has 0 spiro atoms. The summed E-state index contributed by atoms with van der Waals surface area (Å²) in [5, 5.41) is 2.77. The molecule has 0 aromatic heterocycles. The smallest absolute Gasteiger partial charge is 0.233 e. The molecule has 1 saturated heterocycles. The van der Waals surface area contributed by atoms with Crippen molar-refractivity contribution in [3.05, 3.63) is 47.8 Å². The van der Waals surface area contributed by atoms with Crippen molar-refractivity contribution in [1.29, 1.82) is 0 Å². The minimum atomic E-state index is -0.288. The zero-order valence-electron chi connectivity index (χ0n) is 13.9. The van der Waals surface area contributed by atoms with Crippen LogP contribution in [0.3, 0.4) is 0 Å². The van der Waals surface area contributed by atoms with Crippen molar-refractivity contribution >= 4 is 17.7 Å². The van der Waals surface area contributed by atoms with Crippen molar-refractivity contribution in [2.45, 2.75) is 25.7 Å². The minimum Gasteiger partial charge on any atom is -0.356 e. The first-order chi connectivity index (χ1) is 12.1. The molecule has 25 heavy (non-hydrogen) atoms. The zero-order chi connectivity index (χ0) is 17.8. The molecule has 0 radical (unpaired) electrons. The number of carbonyl (C=O) groups excluding carboxylic acids is 3. The van der Waals surface area contributed by atoms with Crippen LogP contribution < -0.4 is 5.32 Å². The SMILES string of the molecule is O=C(CCN1C(=O)[C@@H]2CC=CC[C@H]2C1=O)NCCc1ccc(F)cc1. The molecule has 1 aromatic carbocycles. The van der Waals surface area contributed by atoms with Crippen LogP contribution in [0.5, 0.6) is 0 Å². The van der Waals surface area contributed by atoms with Gasteiger partial charge in [-0.2, -0.15) is 0 Å². The van der Waals surface area contributed by atoms with Gasteiger partial charge in [-0.3, -0.25) is 19.3 Å². The van der Waals surface area contributed by atoms with Gasteiger partial charge in [-0.1, -0.05) is 24.3 Å².